The second-order valence-corrected chi connectivity index (χ2v) is 6.97. The van der Waals surface area contributed by atoms with E-state index in [-0.39, 0.29) is 18.4 Å². The molecule has 1 aliphatic rings. The lowest BCUT2D eigenvalue weighted by Crippen LogP contribution is -2.34. The van der Waals surface area contributed by atoms with Gasteiger partial charge in [0.05, 0.1) is 6.54 Å². The van der Waals surface area contributed by atoms with Crippen molar-refractivity contribution in [2.75, 3.05) is 18.9 Å². The van der Waals surface area contributed by atoms with Crippen LogP contribution in [0.2, 0.25) is 0 Å². The Hall–Kier alpha value is -3.48. The maximum atomic E-state index is 12.3. The topological polar surface area (TPSA) is 91.0 Å². The molecule has 3 aromatic rings. The number of hydrogen-bond acceptors (Lipinski definition) is 4. The average molecular weight is 375 g/mol. The van der Waals surface area contributed by atoms with Crippen LogP contribution in [0.15, 0.2) is 54.6 Å². The van der Waals surface area contributed by atoms with E-state index in [2.05, 4.69) is 20.5 Å². The lowest BCUT2D eigenvalue weighted by molar-refractivity contribution is -0.116. The molecule has 0 unspecified atom stereocenters. The first-order valence-electron chi connectivity index (χ1n) is 9.23. The number of likely N-dealkylation sites (N-methyl/N-ethyl adjacent to an activating group) is 1. The van der Waals surface area contributed by atoms with Crippen molar-refractivity contribution < 1.29 is 9.59 Å². The number of nitrogens with zero attached hydrogens (tertiary/aromatic N) is 3. The minimum atomic E-state index is -0.256. The first kappa shape index (κ1) is 17.9. The molecule has 1 aliphatic carbocycles. The molecule has 0 spiro atoms. The number of anilines is 1. The molecule has 1 aromatic heterocycles. The summed E-state index contributed by atoms with van der Waals surface area (Å²) in [4.78, 5) is 30.5. The molecule has 142 valence electrons. The van der Waals surface area contributed by atoms with E-state index in [0.717, 1.165) is 11.4 Å². The van der Waals surface area contributed by atoms with Gasteiger partial charge in [-0.1, -0.05) is 18.2 Å². The molecule has 4 rings (SSSR count). The van der Waals surface area contributed by atoms with Gasteiger partial charge in [-0.15, -0.1) is 0 Å². The highest BCUT2D eigenvalue weighted by atomic mass is 16.2. The van der Waals surface area contributed by atoms with Gasteiger partial charge in [-0.05, 0) is 49.2 Å². The summed E-state index contributed by atoms with van der Waals surface area (Å²) in [5, 5.41) is 10.1. The summed E-state index contributed by atoms with van der Waals surface area (Å²) >= 11 is 0. The molecule has 1 saturated carbocycles. The third kappa shape index (κ3) is 4.09. The van der Waals surface area contributed by atoms with Crippen LogP contribution in [-0.2, 0) is 4.79 Å². The van der Waals surface area contributed by atoms with Crippen molar-refractivity contribution in [2.24, 2.45) is 0 Å². The molecule has 1 fully saturated rings. The lowest BCUT2D eigenvalue weighted by atomic mass is 10.2. The Morgan fingerprint density at radius 2 is 1.82 bits per heavy atom. The van der Waals surface area contributed by atoms with E-state index in [4.69, 9.17) is 0 Å². The Balaban J connectivity index is 1.34. The number of amides is 2. The van der Waals surface area contributed by atoms with Crippen LogP contribution in [0.25, 0.3) is 11.4 Å². The molecule has 2 amide bonds. The molecular weight excluding hydrogens is 354 g/mol. The number of hydrogen-bond donors (Lipinski definition) is 2. The first-order valence-corrected chi connectivity index (χ1v) is 9.23. The van der Waals surface area contributed by atoms with Crippen LogP contribution in [0.4, 0.5) is 5.69 Å². The van der Waals surface area contributed by atoms with Gasteiger partial charge in [-0.3, -0.25) is 14.7 Å². The molecule has 0 bridgehead atoms. The largest absolute Gasteiger partial charge is 0.332 e. The maximum Gasteiger partial charge on any atom is 0.254 e. The monoisotopic (exact) mass is 375 g/mol. The normalized spacial score (nSPS) is 13.2. The van der Waals surface area contributed by atoms with Crippen LogP contribution in [0.3, 0.4) is 0 Å². The van der Waals surface area contributed by atoms with Crippen LogP contribution in [0.1, 0.15) is 34.9 Å². The lowest BCUT2D eigenvalue weighted by Gasteiger charge is -2.17. The zero-order valence-electron chi connectivity index (χ0n) is 15.6. The quantitative estimate of drug-likeness (QED) is 0.693. The van der Waals surface area contributed by atoms with Crippen LogP contribution in [-0.4, -0.2) is 45.5 Å². The maximum absolute atomic E-state index is 12.3. The minimum Gasteiger partial charge on any atom is -0.332 e. The highest BCUT2D eigenvalue weighted by Gasteiger charge is 2.27. The number of carbonyl (C=O) groups is 2. The van der Waals surface area contributed by atoms with Crippen molar-refractivity contribution in [3.8, 4) is 11.4 Å². The predicted molar refractivity (Wildman–Crippen MR) is 106 cm³/mol. The molecular formula is C21H21N5O2. The number of aromatic nitrogens is 3. The highest BCUT2D eigenvalue weighted by Crippen LogP contribution is 2.38. The van der Waals surface area contributed by atoms with E-state index >= 15 is 0 Å². The fraction of sp³-hybridized carbons (Fsp3) is 0.238. The van der Waals surface area contributed by atoms with Gasteiger partial charge < -0.3 is 10.2 Å². The van der Waals surface area contributed by atoms with Crippen molar-refractivity contribution in [1.29, 1.82) is 0 Å². The number of nitrogens with one attached hydrogen (secondary N) is 2. The van der Waals surface area contributed by atoms with Gasteiger partial charge in [0, 0.05) is 29.8 Å². The Morgan fingerprint density at radius 1 is 1.11 bits per heavy atom. The van der Waals surface area contributed by atoms with E-state index in [1.165, 1.54) is 17.7 Å². The van der Waals surface area contributed by atoms with Crippen molar-refractivity contribution in [3.05, 3.63) is 66.0 Å². The second-order valence-electron chi connectivity index (χ2n) is 6.97. The molecule has 1 heterocycles. The predicted octanol–water partition coefficient (Wildman–Crippen LogP) is 3.06. The SMILES string of the molecule is CN(CC(=O)Nc1ccc(-c2n[nH]c(C3CC3)n2)cc1)C(=O)c1ccccc1. The first-order chi connectivity index (χ1) is 13.6. The molecule has 28 heavy (non-hydrogen) atoms. The molecule has 7 nitrogen and oxygen atoms in total. The Bertz CT molecular complexity index is 978. The van der Waals surface area contributed by atoms with E-state index in [0.29, 0.717) is 23.0 Å². The molecule has 0 aliphatic heterocycles. The molecule has 0 saturated heterocycles. The number of H-pyrrole nitrogens is 1. The summed E-state index contributed by atoms with van der Waals surface area (Å²) in [5.74, 6) is 1.68. The van der Waals surface area contributed by atoms with E-state index < -0.39 is 0 Å². The van der Waals surface area contributed by atoms with Crippen LogP contribution in [0.5, 0.6) is 0 Å². The van der Waals surface area contributed by atoms with Crippen LogP contribution in [0, 0.1) is 0 Å². The average Bonchev–Trinajstić information content (AvgIpc) is 3.45. The van der Waals surface area contributed by atoms with Crippen LogP contribution < -0.4 is 5.32 Å². The smallest absolute Gasteiger partial charge is 0.254 e. The summed E-state index contributed by atoms with van der Waals surface area (Å²) < 4.78 is 0. The Morgan fingerprint density at radius 3 is 2.50 bits per heavy atom. The molecule has 0 radical (unpaired) electrons. The molecule has 7 heteroatoms. The number of carbonyl (C=O) groups excluding carboxylic acids is 2. The second kappa shape index (κ2) is 7.64. The zero-order chi connectivity index (χ0) is 19.5. The van der Waals surface area contributed by atoms with Gasteiger partial charge in [-0.2, -0.15) is 5.10 Å². The summed E-state index contributed by atoms with van der Waals surface area (Å²) in [5.41, 5.74) is 2.10. The van der Waals surface area contributed by atoms with Gasteiger partial charge in [0.15, 0.2) is 5.82 Å². The van der Waals surface area contributed by atoms with E-state index in [9.17, 15) is 9.59 Å². The number of rotatable bonds is 6. The summed E-state index contributed by atoms with van der Waals surface area (Å²) in [6.07, 6.45) is 2.33. The molecule has 2 N–H and O–H groups in total. The van der Waals surface area contributed by atoms with Gasteiger partial charge in [0.25, 0.3) is 5.91 Å². The number of aromatic amines is 1. The fourth-order valence-corrected chi connectivity index (χ4v) is 2.93. The summed E-state index contributed by atoms with van der Waals surface area (Å²) in [7, 11) is 1.61. The van der Waals surface area contributed by atoms with Gasteiger partial charge >= 0.3 is 0 Å². The van der Waals surface area contributed by atoms with E-state index in [1.807, 2.05) is 18.2 Å². The van der Waals surface area contributed by atoms with Crippen molar-refractivity contribution >= 4 is 17.5 Å². The molecule has 2 aromatic carbocycles. The van der Waals surface area contributed by atoms with Crippen molar-refractivity contribution in [3.63, 3.8) is 0 Å². The fourth-order valence-electron chi connectivity index (χ4n) is 2.93. The minimum absolute atomic E-state index is 0.0266. The van der Waals surface area contributed by atoms with Gasteiger partial charge in [0.1, 0.15) is 5.82 Å². The van der Waals surface area contributed by atoms with Crippen LogP contribution >= 0.6 is 0 Å². The third-order valence-corrected chi connectivity index (χ3v) is 4.64. The highest BCUT2D eigenvalue weighted by molar-refractivity contribution is 5.99. The Labute approximate surface area is 162 Å². The summed E-state index contributed by atoms with van der Waals surface area (Å²) in [6, 6.07) is 16.2. The van der Waals surface area contributed by atoms with Crippen molar-refractivity contribution in [1.82, 2.24) is 20.1 Å². The van der Waals surface area contributed by atoms with Crippen molar-refractivity contribution in [2.45, 2.75) is 18.8 Å². The third-order valence-electron chi connectivity index (χ3n) is 4.64. The standard InChI is InChI=1S/C21H21N5O2/c1-26(21(28)16-5-3-2-4-6-16)13-18(27)22-17-11-9-15(10-12-17)20-23-19(24-25-20)14-7-8-14/h2-6,9-12,14H,7-8,13H2,1H3,(H,22,27)(H,23,24,25). The molecule has 0 atom stereocenters. The Kier molecular flexibility index (Phi) is 4.89. The van der Waals surface area contributed by atoms with E-state index in [1.54, 1.807) is 43.4 Å². The number of benzene rings is 2. The van der Waals surface area contributed by atoms with Gasteiger partial charge in [-0.25, -0.2) is 4.98 Å². The van der Waals surface area contributed by atoms with Gasteiger partial charge in [0.2, 0.25) is 5.91 Å². The zero-order valence-corrected chi connectivity index (χ0v) is 15.6. The summed E-state index contributed by atoms with van der Waals surface area (Å²) in [6.45, 7) is -0.0266.